The molecular formula is C40H57N5O3. The highest BCUT2D eigenvalue weighted by Gasteiger charge is 2.35. The molecule has 0 aromatic heterocycles. The van der Waals surface area contributed by atoms with Crippen molar-refractivity contribution in [3.05, 3.63) is 96.6 Å². The molecule has 3 atom stereocenters. The molecule has 4 N–H and O–H groups in total. The maximum absolute atomic E-state index is 14.5. The Kier molecular flexibility index (Phi) is 15.3. The lowest BCUT2D eigenvalue weighted by atomic mass is 9.75. The van der Waals surface area contributed by atoms with Crippen LogP contribution < -0.4 is 16.4 Å². The number of likely N-dealkylation sites (N-methyl/N-ethyl adjacent to an activating group) is 2. The molecule has 3 rings (SSSR count). The van der Waals surface area contributed by atoms with Gasteiger partial charge in [-0.3, -0.25) is 14.4 Å². The fraction of sp³-hybridized carbons (Fsp3) is 0.475. The Bertz CT molecular complexity index is 1470. The minimum Gasteiger partial charge on any atom is -0.354 e. The van der Waals surface area contributed by atoms with Crippen LogP contribution >= 0.6 is 0 Å². The number of rotatable bonds is 19. The molecule has 0 spiro atoms. The fourth-order valence-corrected chi connectivity index (χ4v) is 6.32. The fourth-order valence-electron chi connectivity index (χ4n) is 6.32. The van der Waals surface area contributed by atoms with Crippen molar-refractivity contribution in [2.24, 2.45) is 5.73 Å². The van der Waals surface area contributed by atoms with E-state index in [0.717, 1.165) is 60.4 Å². The summed E-state index contributed by atoms with van der Waals surface area (Å²) in [7, 11) is 5.26. The summed E-state index contributed by atoms with van der Waals surface area (Å²) in [5.74, 6) is -0.815. The Morgan fingerprint density at radius 2 is 1.75 bits per heavy atom. The number of nitrogens with zero attached hydrogens (tertiary/aromatic N) is 2. The van der Waals surface area contributed by atoms with Crippen LogP contribution in [0.4, 0.5) is 0 Å². The van der Waals surface area contributed by atoms with E-state index in [9.17, 15) is 14.4 Å². The highest BCUT2D eigenvalue weighted by Crippen LogP contribution is 2.32. The van der Waals surface area contributed by atoms with E-state index >= 15 is 0 Å². The van der Waals surface area contributed by atoms with Crippen LogP contribution in [0.25, 0.3) is 10.8 Å². The van der Waals surface area contributed by atoms with Crippen LogP contribution in [0.15, 0.2) is 91.1 Å². The number of nitrogens with two attached hydrogens (primary N) is 1. The van der Waals surface area contributed by atoms with Crippen molar-refractivity contribution in [3.63, 3.8) is 0 Å². The van der Waals surface area contributed by atoms with Crippen LogP contribution in [0.1, 0.15) is 70.8 Å². The molecule has 48 heavy (non-hydrogen) atoms. The Morgan fingerprint density at radius 3 is 2.38 bits per heavy atom. The minimum atomic E-state index is -0.842. The molecule has 3 unspecified atom stereocenters. The largest absolute Gasteiger partial charge is 0.354 e. The molecule has 0 heterocycles. The van der Waals surface area contributed by atoms with Gasteiger partial charge < -0.3 is 26.2 Å². The lowest BCUT2D eigenvalue weighted by molar-refractivity contribution is -0.146. The van der Waals surface area contributed by atoms with Crippen molar-refractivity contribution in [3.8, 4) is 0 Å². The Balaban J connectivity index is 1.92. The van der Waals surface area contributed by atoms with E-state index in [2.05, 4.69) is 30.2 Å². The molecule has 0 bridgehead atoms. The van der Waals surface area contributed by atoms with Crippen molar-refractivity contribution in [2.75, 3.05) is 27.7 Å². The van der Waals surface area contributed by atoms with E-state index in [1.807, 2.05) is 74.7 Å². The van der Waals surface area contributed by atoms with Gasteiger partial charge >= 0.3 is 0 Å². The number of fused-ring (bicyclic) bond motifs is 1. The quantitative estimate of drug-likeness (QED) is 0.130. The second-order valence-corrected chi connectivity index (χ2v) is 13.2. The molecule has 2 aromatic rings. The summed E-state index contributed by atoms with van der Waals surface area (Å²) in [4.78, 5) is 45.0. The Morgan fingerprint density at radius 1 is 1.02 bits per heavy atom. The summed E-state index contributed by atoms with van der Waals surface area (Å²) in [6.07, 6.45) is 17.8. The van der Waals surface area contributed by atoms with Crippen molar-refractivity contribution in [1.82, 2.24) is 20.4 Å². The zero-order chi connectivity index (χ0) is 35.1. The lowest BCUT2D eigenvalue weighted by Gasteiger charge is -2.37. The zero-order valence-electron chi connectivity index (χ0n) is 29.7. The van der Waals surface area contributed by atoms with E-state index in [0.29, 0.717) is 31.8 Å². The van der Waals surface area contributed by atoms with Gasteiger partial charge in [0.25, 0.3) is 0 Å². The minimum absolute atomic E-state index is 0.233. The van der Waals surface area contributed by atoms with Crippen LogP contribution in [0, 0.1) is 0 Å². The second kappa shape index (κ2) is 19.1. The van der Waals surface area contributed by atoms with E-state index in [4.69, 9.17) is 5.73 Å². The van der Waals surface area contributed by atoms with E-state index in [1.54, 1.807) is 20.2 Å². The maximum Gasteiger partial charge on any atom is 0.246 e. The van der Waals surface area contributed by atoms with E-state index < -0.39 is 12.1 Å². The Labute approximate surface area is 288 Å². The van der Waals surface area contributed by atoms with Crippen molar-refractivity contribution >= 4 is 28.5 Å². The van der Waals surface area contributed by atoms with Crippen LogP contribution in [0.2, 0.25) is 0 Å². The summed E-state index contributed by atoms with van der Waals surface area (Å²) in [6, 6.07) is 12.8. The van der Waals surface area contributed by atoms with Crippen molar-refractivity contribution in [1.29, 1.82) is 0 Å². The molecule has 260 valence electrons. The molecule has 1 aliphatic rings. The summed E-state index contributed by atoms with van der Waals surface area (Å²) in [6.45, 7) is 8.38. The summed E-state index contributed by atoms with van der Waals surface area (Å²) in [5.41, 5.74) is 7.94. The third-order valence-corrected chi connectivity index (χ3v) is 9.57. The summed E-state index contributed by atoms with van der Waals surface area (Å²) < 4.78 is 0. The SMILES string of the molecule is C=C/C=C(\C=C/C)CC(C(=O)NCCC(CCC)NC)N(C)C(=O)C(Cc1ccc2ccccc2c1)N(C)C(=O)/C=C/CC1(N)CCC1. The Hall–Kier alpha value is -4.01. The molecule has 3 amide bonds. The third kappa shape index (κ3) is 11.0. The van der Waals surface area contributed by atoms with Gasteiger partial charge in [0, 0.05) is 45.1 Å². The smallest absolute Gasteiger partial charge is 0.246 e. The summed E-state index contributed by atoms with van der Waals surface area (Å²) in [5, 5.41) is 8.57. The first-order valence-corrected chi connectivity index (χ1v) is 17.4. The molecule has 8 nitrogen and oxygen atoms in total. The normalized spacial score (nSPS) is 16.3. The van der Waals surface area contributed by atoms with Gasteiger partial charge in [0.1, 0.15) is 12.1 Å². The average molecular weight is 656 g/mol. The van der Waals surface area contributed by atoms with Gasteiger partial charge in [-0.15, -0.1) is 0 Å². The predicted octanol–water partition coefficient (Wildman–Crippen LogP) is 5.84. The monoisotopic (exact) mass is 655 g/mol. The first kappa shape index (κ1) is 38.4. The number of nitrogens with one attached hydrogen (secondary N) is 2. The van der Waals surface area contributed by atoms with Gasteiger partial charge in [-0.05, 0) is 80.5 Å². The number of allylic oxidation sites excluding steroid dienone is 4. The molecule has 0 aliphatic heterocycles. The highest BCUT2D eigenvalue weighted by atomic mass is 16.2. The number of carbonyl (C=O) groups excluding carboxylic acids is 3. The van der Waals surface area contributed by atoms with Crippen LogP contribution in [0.3, 0.4) is 0 Å². The van der Waals surface area contributed by atoms with Crippen molar-refractivity contribution in [2.45, 2.75) is 95.3 Å². The number of carbonyl (C=O) groups is 3. The van der Waals surface area contributed by atoms with Gasteiger partial charge in [-0.25, -0.2) is 0 Å². The third-order valence-electron chi connectivity index (χ3n) is 9.57. The van der Waals surface area contributed by atoms with Gasteiger partial charge in [-0.2, -0.15) is 0 Å². The molecule has 8 heteroatoms. The standard InChI is InChI=1S/C40H57N5O3/c1-7-14-30(15-8-2)28-35(38(47)43-26-22-34(42-4)16-9-3)45(6)39(48)36(29-31-20-21-32-17-10-11-18-33(32)27-31)44(5)37(46)19-12-23-40(41)24-13-25-40/h7-8,10-12,14-15,17-21,27,34-36,42H,1,9,13,16,22-26,28-29,41H2,2-6H3,(H,43,47)/b15-8-,19-12+,30-14+. The molecule has 0 saturated heterocycles. The topological polar surface area (TPSA) is 108 Å². The van der Waals surface area contributed by atoms with E-state index in [1.165, 1.54) is 15.9 Å². The lowest BCUT2D eigenvalue weighted by Crippen LogP contribution is -2.55. The maximum atomic E-state index is 14.5. The molecule has 1 aliphatic carbocycles. The number of amides is 3. The average Bonchev–Trinajstić information content (AvgIpc) is 3.07. The first-order chi connectivity index (χ1) is 23.0. The van der Waals surface area contributed by atoms with E-state index in [-0.39, 0.29) is 23.3 Å². The molecule has 1 saturated carbocycles. The van der Waals surface area contributed by atoms with Crippen LogP contribution in [-0.4, -0.2) is 78.9 Å². The molecule has 2 aromatic carbocycles. The molecular weight excluding hydrogens is 598 g/mol. The van der Waals surface area contributed by atoms with Gasteiger partial charge in [0.2, 0.25) is 17.7 Å². The first-order valence-electron chi connectivity index (χ1n) is 17.4. The van der Waals surface area contributed by atoms with Gasteiger partial charge in [0.15, 0.2) is 0 Å². The zero-order valence-corrected chi connectivity index (χ0v) is 29.7. The second-order valence-electron chi connectivity index (χ2n) is 13.2. The van der Waals surface area contributed by atoms with Crippen LogP contribution in [0.5, 0.6) is 0 Å². The van der Waals surface area contributed by atoms with Crippen molar-refractivity contribution < 1.29 is 14.4 Å². The highest BCUT2D eigenvalue weighted by molar-refractivity contribution is 5.95. The van der Waals surface area contributed by atoms with Gasteiger partial charge in [0.05, 0.1) is 0 Å². The summed E-state index contributed by atoms with van der Waals surface area (Å²) >= 11 is 0. The molecule has 0 radical (unpaired) electrons. The predicted molar refractivity (Wildman–Crippen MR) is 198 cm³/mol. The number of benzene rings is 2. The number of hydrogen-bond donors (Lipinski definition) is 3. The van der Waals surface area contributed by atoms with Crippen LogP contribution in [-0.2, 0) is 20.8 Å². The van der Waals surface area contributed by atoms with Gasteiger partial charge in [-0.1, -0.05) is 92.8 Å². The molecule has 1 fully saturated rings. The number of hydrogen-bond acceptors (Lipinski definition) is 5.